The lowest BCUT2D eigenvalue weighted by molar-refractivity contribution is -0.119. The van der Waals surface area contributed by atoms with Crippen LogP contribution < -0.4 is 10.6 Å². The number of hydrogen-bond donors (Lipinski definition) is 1. The third kappa shape index (κ3) is 3.25. The van der Waals surface area contributed by atoms with Crippen molar-refractivity contribution in [1.29, 1.82) is 5.26 Å². The van der Waals surface area contributed by atoms with Gasteiger partial charge < -0.3 is 10.6 Å². The molecule has 0 radical (unpaired) electrons. The highest BCUT2D eigenvalue weighted by Crippen LogP contribution is 2.28. The number of carbonyl (C=O) groups is 1. The number of nitrogens with two attached hydrogens (primary N) is 1. The molecule has 0 spiro atoms. The molecule has 0 saturated carbocycles. The molecular formula is C15H19N3O. The Kier molecular flexibility index (Phi) is 4.06. The van der Waals surface area contributed by atoms with Gasteiger partial charge in [-0.3, -0.25) is 4.79 Å². The molecule has 1 aromatic carbocycles. The standard InChI is InChI=1S/C15H19N3O/c1-11-2-3-13(10-16)14(8-11)18-6-4-12(5-7-18)9-15(17)19/h2-3,8,12H,4-7,9H2,1H3,(H2,17,19). The van der Waals surface area contributed by atoms with Gasteiger partial charge in [-0.05, 0) is 43.4 Å². The van der Waals surface area contributed by atoms with Crippen LogP contribution in [0.2, 0.25) is 0 Å². The second-order valence-corrected chi connectivity index (χ2v) is 5.23. The Hall–Kier alpha value is -2.02. The van der Waals surface area contributed by atoms with Crippen LogP contribution >= 0.6 is 0 Å². The van der Waals surface area contributed by atoms with Crippen LogP contribution in [0.15, 0.2) is 18.2 Å². The smallest absolute Gasteiger partial charge is 0.217 e. The SMILES string of the molecule is Cc1ccc(C#N)c(N2CCC(CC(N)=O)CC2)c1. The maximum Gasteiger partial charge on any atom is 0.217 e. The Labute approximate surface area is 113 Å². The van der Waals surface area contributed by atoms with Gasteiger partial charge in [-0.2, -0.15) is 5.26 Å². The van der Waals surface area contributed by atoms with Gasteiger partial charge in [-0.15, -0.1) is 0 Å². The third-order valence-corrected chi connectivity index (χ3v) is 3.72. The molecule has 100 valence electrons. The molecule has 1 amide bonds. The molecule has 0 aromatic heterocycles. The van der Waals surface area contributed by atoms with Gasteiger partial charge in [0.15, 0.2) is 0 Å². The molecule has 2 rings (SSSR count). The van der Waals surface area contributed by atoms with Gasteiger partial charge in [0.25, 0.3) is 0 Å². The summed E-state index contributed by atoms with van der Waals surface area (Å²) in [6.07, 6.45) is 2.40. The van der Waals surface area contributed by atoms with Crippen LogP contribution in [0, 0.1) is 24.2 Å². The van der Waals surface area contributed by atoms with Gasteiger partial charge in [0.05, 0.1) is 11.3 Å². The minimum Gasteiger partial charge on any atom is -0.370 e. The molecule has 19 heavy (non-hydrogen) atoms. The minimum absolute atomic E-state index is 0.216. The fourth-order valence-electron chi connectivity index (χ4n) is 2.66. The molecule has 4 nitrogen and oxygen atoms in total. The lowest BCUT2D eigenvalue weighted by Crippen LogP contribution is -2.35. The summed E-state index contributed by atoms with van der Waals surface area (Å²) in [5, 5.41) is 9.17. The summed E-state index contributed by atoms with van der Waals surface area (Å²) in [4.78, 5) is 13.2. The van der Waals surface area contributed by atoms with Gasteiger partial charge in [0.1, 0.15) is 6.07 Å². The zero-order chi connectivity index (χ0) is 13.8. The Bertz CT molecular complexity index is 511. The highest BCUT2D eigenvalue weighted by atomic mass is 16.1. The van der Waals surface area contributed by atoms with Crippen LogP contribution in [-0.2, 0) is 4.79 Å². The molecule has 4 heteroatoms. The molecule has 1 heterocycles. The summed E-state index contributed by atoms with van der Waals surface area (Å²) in [6, 6.07) is 8.15. The summed E-state index contributed by atoms with van der Waals surface area (Å²) in [6.45, 7) is 3.80. The zero-order valence-corrected chi connectivity index (χ0v) is 11.2. The lowest BCUT2D eigenvalue weighted by atomic mass is 9.92. The number of benzene rings is 1. The van der Waals surface area contributed by atoms with Crippen LogP contribution in [0.4, 0.5) is 5.69 Å². The Morgan fingerprint density at radius 1 is 1.47 bits per heavy atom. The average Bonchev–Trinajstić information content (AvgIpc) is 2.39. The fourth-order valence-corrected chi connectivity index (χ4v) is 2.66. The van der Waals surface area contributed by atoms with E-state index in [1.54, 1.807) is 0 Å². The maximum absolute atomic E-state index is 10.9. The summed E-state index contributed by atoms with van der Waals surface area (Å²) < 4.78 is 0. The molecular weight excluding hydrogens is 238 g/mol. The van der Waals surface area contributed by atoms with Gasteiger partial charge >= 0.3 is 0 Å². The lowest BCUT2D eigenvalue weighted by Gasteiger charge is -2.33. The number of primary amides is 1. The van der Waals surface area contributed by atoms with Crippen LogP contribution in [0.5, 0.6) is 0 Å². The molecule has 1 saturated heterocycles. The van der Waals surface area contributed by atoms with E-state index < -0.39 is 0 Å². The van der Waals surface area contributed by atoms with Crippen molar-refractivity contribution in [3.8, 4) is 6.07 Å². The first kappa shape index (κ1) is 13.4. The van der Waals surface area contributed by atoms with Gasteiger partial charge in [0.2, 0.25) is 5.91 Å². The quantitative estimate of drug-likeness (QED) is 0.899. The number of nitrogens with zero attached hydrogens (tertiary/aromatic N) is 2. The first-order chi connectivity index (χ1) is 9.10. The fraction of sp³-hybridized carbons (Fsp3) is 0.467. The zero-order valence-electron chi connectivity index (χ0n) is 11.2. The topological polar surface area (TPSA) is 70.1 Å². The van der Waals surface area contributed by atoms with E-state index in [1.807, 2.05) is 19.1 Å². The highest BCUT2D eigenvalue weighted by Gasteiger charge is 2.22. The minimum atomic E-state index is -0.216. The summed E-state index contributed by atoms with van der Waals surface area (Å²) in [5.41, 5.74) is 8.13. The Balaban J connectivity index is 2.07. The highest BCUT2D eigenvalue weighted by molar-refractivity contribution is 5.74. The summed E-state index contributed by atoms with van der Waals surface area (Å²) >= 11 is 0. The van der Waals surface area contributed by atoms with Crippen molar-refractivity contribution < 1.29 is 4.79 Å². The van der Waals surface area contributed by atoms with E-state index in [2.05, 4.69) is 17.0 Å². The van der Waals surface area contributed by atoms with Gasteiger partial charge in [-0.1, -0.05) is 6.07 Å². The number of amides is 1. The number of hydrogen-bond acceptors (Lipinski definition) is 3. The molecule has 0 aliphatic carbocycles. The number of carbonyl (C=O) groups excluding carboxylic acids is 1. The van der Waals surface area contributed by atoms with Crippen molar-refractivity contribution >= 4 is 11.6 Å². The first-order valence-corrected chi connectivity index (χ1v) is 6.64. The predicted molar refractivity (Wildman–Crippen MR) is 74.6 cm³/mol. The molecule has 1 aliphatic heterocycles. The van der Waals surface area contributed by atoms with E-state index in [1.165, 1.54) is 0 Å². The van der Waals surface area contributed by atoms with Crippen molar-refractivity contribution in [1.82, 2.24) is 0 Å². The summed E-state index contributed by atoms with van der Waals surface area (Å²) in [7, 11) is 0. The first-order valence-electron chi connectivity index (χ1n) is 6.64. The number of nitriles is 1. The van der Waals surface area contributed by atoms with Crippen LogP contribution in [0.1, 0.15) is 30.4 Å². The van der Waals surface area contributed by atoms with Crippen molar-refractivity contribution in [2.75, 3.05) is 18.0 Å². The Morgan fingerprint density at radius 3 is 2.74 bits per heavy atom. The molecule has 0 unspecified atom stereocenters. The number of aryl methyl sites for hydroxylation is 1. The molecule has 1 fully saturated rings. The molecule has 2 N–H and O–H groups in total. The van der Waals surface area contributed by atoms with E-state index in [-0.39, 0.29) is 5.91 Å². The van der Waals surface area contributed by atoms with Crippen LogP contribution in [0.25, 0.3) is 0 Å². The second kappa shape index (κ2) is 5.75. The molecule has 1 aromatic rings. The number of rotatable bonds is 3. The van der Waals surface area contributed by atoms with Crippen LogP contribution in [-0.4, -0.2) is 19.0 Å². The van der Waals surface area contributed by atoms with E-state index in [9.17, 15) is 10.1 Å². The third-order valence-electron chi connectivity index (χ3n) is 3.72. The van der Waals surface area contributed by atoms with Crippen LogP contribution in [0.3, 0.4) is 0 Å². The molecule has 1 aliphatic rings. The van der Waals surface area contributed by atoms with Gasteiger partial charge in [0, 0.05) is 19.5 Å². The normalized spacial score (nSPS) is 16.1. The Morgan fingerprint density at radius 2 is 2.16 bits per heavy atom. The number of anilines is 1. The average molecular weight is 257 g/mol. The van der Waals surface area contributed by atoms with E-state index in [0.717, 1.165) is 42.7 Å². The number of piperidine rings is 1. The maximum atomic E-state index is 10.9. The largest absolute Gasteiger partial charge is 0.370 e. The monoisotopic (exact) mass is 257 g/mol. The van der Waals surface area contributed by atoms with Crippen molar-refractivity contribution in [2.45, 2.75) is 26.2 Å². The van der Waals surface area contributed by atoms with Crippen molar-refractivity contribution in [3.05, 3.63) is 29.3 Å². The van der Waals surface area contributed by atoms with E-state index >= 15 is 0 Å². The molecule has 0 bridgehead atoms. The predicted octanol–water partition coefficient (Wildman–Crippen LogP) is 1.96. The second-order valence-electron chi connectivity index (χ2n) is 5.23. The van der Waals surface area contributed by atoms with Crippen molar-refractivity contribution in [3.63, 3.8) is 0 Å². The van der Waals surface area contributed by atoms with Gasteiger partial charge in [-0.25, -0.2) is 0 Å². The van der Waals surface area contributed by atoms with Crippen molar-refractivity contribution in [2.24, 2.45) is 11.7 Å². The summed E-state index contributed by atoms with van der Waals surface area (Å²) in [5.74, 6) is 0.177. The van der Waals surface area contributed by atoms with E-state index in [0.29, 0.717) is 12.3 Å². The van der Waals surface area contributed by atoms with E-state index in [4.69, 9.17) is 5.73 Å². The molecule has 0 atom stereocenters.